The molecule has 2 rings (SSSR count). The van der Waals surface area contributed by atoms with Gasteiger partial charge in [0.25, 0.3) is 0 Å². The highest BCUT2D eigenvalue weighted by Gasteiger charge is 2.24. The van der Waals surface area contributed by atoms with Gasteiger partial charge in [-0.3, -0.25) is 0 Å². The molecule has 0 aliphatic rings. The minimum atomic E-state index is -3.52. The van der Waals surface area contributed by atoms with E-state index >= 15 is 0 Å². The van der Waals surface area contributed by atoms with Crippen LogP contribution in [0, 0.1) is 0 Å². The molecule has 0 radical (unpaired) electrons. The molecule has 1 aromatic heterocycles. The van der Waals surface area contributed by atoms with Crippen molar-refractivity contribution < 1.29 is 13.5 Å². The van der Waals surface area contributed by atoms with Crippen molar-refractivity contribution in [3.05, 3.63) is 52.7 Å². The minimum absolute atomic E-state index is 0.193. The molecule has 9 heteroatoms. The summed E-state index contributed by atoms with van der Waals surface area (Å²) in [6, 6.07) is 12.0. The van der Waals surface area contributed by atoms with Crippen molar-refractivity contribution in [3.63, 3.8) is 0 Å². The van der Waals surface area contributed by atoms with Gasteiger partial charge in [0.2, 0.25) is 10.0 Å². The molecule has 0 saturated carbocycles. The molecule has 1 aromatic carbocycles. The first-order chi connectivity index (χ1) is 12.8. The van der Waals surface area contributed by atoms with E-state index in [1.165, 1.54) is 11.3 Å². The maximum Gasteiger partial charge on any atom is 0.240 e. The van der Waals surface area contributed by atoms with Gasteiger partial charge in [0.15, 0.2) is 5.96 Å². The standard InChI is InChI=1S/C18H26N4O3S2/c1-3-19-17(21-14-18(2,23)16-10-7-13-26-16)20-11-12-22-27(24,25)15-8-5-4-6-9-15/h4-10,13,22-23H,3,11-12,14H2,1-2H3,(H2,19,20,21). The van der Waals surface area contributed by atoms with Crippen LogP contribution in [0.15, 0.2) is 57.7 Å². The van der Waals surface area contributed by atoms with Crippen molar-refractivity contribution >= 4 is 27.3 Å². The van der Waals surface area contributed by atoms with E-state index in [1.807, 2.05) is 24.4 Å². The highest BCUT2D eigenvalue weighted by molar-refractivity contribution is 7.89. The molecule has 0 aliphatic carbocycles. The summed E-state index contributed by atoms with van der Waals surface area (Å²) in [6.45, 7) is 5.08. The van der Waals surface area contributed by atoms with Gasteiger partial charge >= 0.3 is 0 Å². The van der Waals surface area contributed by atoms with Crippen molar-refractivity contribution in [2.24, 2.45) is 4.99 Å². The molecule has 1 unspecified atom stereocenters. The summed E-state index contributed by atoms with van der Waals surface area (Å²) < 4.78 is 26.9. The first kappa shape index (κ1) is 21.4. The number of guanidine groups is 1. The second-order valence-electron chi connectivity index (χ2n) is 6.08. The van der Waals surface area contributed by atoms with Crippen molar-refractivity contribution in [2.75, 3.05) is 26.2 Å². The fraction of sp³-hybridized carbons (Fsp3) is 0.389. The molecule has 148 valence electrons. The molecule has 7 nitrogen and oxygen atoms in total. The van der Waals surface area contributed by atoms with Crippen LogP contribution in [-0.2, 0) is 15.6 Å². The Labute approximate surface area is 164 Å². The van der Waals surface area contributed by atoms with E-state index in [-0.39, 0.29) is 18.0 Å². The Morgan fingerprint density at radius 2 is 1.89 bits per heavy atom. The lowest BCUT2D eigenvalue weighted by Crippen LogP contribution is -2.42. The molecule has 0 saturated heterocycles. The third-order valence-electron chi connectivity index (χ3n) is 3.70. The van der Waals surface area contributed by atoms with Crippen molar-refractivity contribution in [3.8, 4) is 0 Å². The number of sulfonamides is 1. The molecule has 0 aliphatic heterocycles. The second-order valence-corrected chi connectivity index (χ2v) is 8.80. The van der Waals surface area contributed by atoms with Gasteiger partial charge in [0.05, 0.1) is 11.4 Å². The predicted octanol–water partition coefficient (Wildman–Crippen LogP) is 1.49. The summed E-state index contributed by atoms with van der Waals surface area (Å²) in [4.78, 5) is 5.49. The monoisotopic (exact) mass is 410 g/mol. The van der Waals surface area contributed by atoms with Gasteiger partial charge in [-0.15, -0.1) is 11.3 Å². The molecule has 0 bridgehead atoms. The van der Waals surface area contributed by atoms with Crippen LogP contribution in [0.5, 0.6) is 0 Å². The lowest BCUT2D eigenvalue weighted by Gasteiger charge is -2.20. The van der Waals surface area contributed by atoms with Crippen molar-refractivity contribution in [2.45, 2.75) is 24.3 Å². The highest BCUT2D eigenvalue weighted by Crippen LogP contribution is 2.25. The van der Waals surface area contributed by atoms with E-state index < -0.39 is 15.6 Å². The Kier molecular flexibility index (Phi) is 7.78. The normalized spacial score (nSPS) is 14.6. The Morgan fingerprint density at radius 1 is 1.15 bits per heavy atom. The third-order valence-corrected chi connectivity index (χ3v) is 6.30. The second kappa shape index (κ2) is 9.84. The van der Waals surface area contributed by atoms with Crippen LogP contribution in [-0.4, -0.2) is 45.7 Å². The van der Waals surface area contributed by atoms with Crippen LogP contribution in [0.3, 0.4) is 0 Å². The van der Waals surface area contributed by atoms with Gasteiger partial charge < -0.3 is 15.7 Å². The number of rotatable bonds is 9. The fourth-order valence-electron chi connectivity index (χ4n) is 2.29. The molecular formula is C18H26N4O3S2. The lowest BCUT2D eigenvalue weighted by molar-refractivity contribution is 0.0711. The number of aliphatic hydroxyl groups is 1. The van der Waals surface area contributed by atoms with Crippen LogP contribution in [0.25, 0.3) is 0 Å². The average Bonchev–Trinajstić information content (AvgIpc) is 3.20. The third kappa shape index (κ3) is 6.62. The number of hydrogen-bond acceptors (Lipinski definition) is 5. The number of benzene rings is 1. The first-order valence-electron chi connectivity index (χ1n) is 8.68. The zero-order valence-corrected chi connectivity index (χ0v) is 17.1. The van der Waals surface area contributed by atoms with Crippen molar-refractivity contribution in [1.29, 1.82) is 0 Å². The molecule has 27 heavy (non-hydrogen) atoms. The SMILES string of the molecule is CCNC(=NCC(C)(O)c1cccs1)NCCNS(=O)(=O)c1ccccc1. The number of aliphatic imine (C=N–C) groups is 1. The van der Waals surface area contributed by atoms with Gasteiger partial charge in [-0.2, -0.15) is 0 Å². The van der Waals surface area contributed by atoms with Crippen molar-refractivity contribution in [1.82, 2.24) is 15.4 Å². The molecule has 0 fully saturated rings. The molecule has 2 aromatic rings. The topological polar surface area (TPSA) is 103 Å². The quantitative estimate of drug-likeness (QED) is 0.285. The zero-order valence-electron chi connectivity index (χ0n) is 15.5. The van der Waals surface area contributed by atoms with Crippen LogP contribution in [0.1, 0.15) is 18.7 Å². The minimum Gasteiger partial charge on any atom is -0.383 e. The molecular weight excluding hydrogens is 384 g/mol. The van der Waals surface area contributed by atoms with E-state index in [9.17, 15) is 13.5 Å². The smallest absolute Gasteiger partial charge is 0.240 e. The van der Waals surface area contributed by atoms with Gasteiger partial charge in [0.1, 0.15) is 5.60 Å². The summed E-state index contributed by atoms with van der Waals surface area (Å²) >= 11 is 1.48. The van der Waals surface area contributed by atoms with Crippen LogP contribution < -0.4 is 15.4 Å². The molecule has 0 amide bonds. The lowest BCUT2D eigenvalue weighted by atomic mass is 10.1. The summed E-state index contributed by atoms with van der Waals surface area (Å²) in [6.07, 6.45) is 0. The van der Waals surface area contributed by atoms with Gasteiger partial charge in [-0.05, 0) is 37.4 Å². The summed E-state index contributed by atoms with van der Waals surface area (Å²) in [5.41, 5.74) is -1.05. The predicted molar refractivity (Wildman–Crippen MR) is 110 cm³/mol. The summed E-state index contributed by atoms with van der Waals surface area (Å²) in [5.74, 6) is 0.522. The van der Waals surface area contributed by atoms with E-state index in [4.69, 9.17) is 0 Å². The Hall–Kier alpha value is -1.94. The summed E-state index contributed by atoms with van der Waals surface area (Å²) in [5, 5.41) is 18.6. The summed E-state index contributed by atoms with van der Waals surface area (Å²) in [7, 11) is -3.52. The number of nitrogens with zero attached hydrogens (tertiary/aromatic N) is 1. The maximum absolute atomic E-state index is 12.2. The van der Waals surface area contributed by atoms with Crippen LogP contribution in [0.2, 0.25) is 0 Å². The average molecular weight is 411 g/mol. The largest absolute Gasteiger partial charge is 0.383 e. The number of thiophene rings is 1. The zero-order chi connectivity index (χ0) is 19.8. The highest BCUT2D eigenvalue weighted by atomic mass is 32.2. The van der Waals surface area contributed by atoms with E-state index in [2.05, 4.69) is 20.3 Å². The maximum atomic E-state index is 12.2. The van der Waals surface area contributed by atoms with Gasteiger partial charge in [0, 0.05) is 24.5 Å². The molecule has 1 heterocycles. The Morgan fingerprint density at radius 3 is 2.52 bits per heavy atom. The van der Waals surface area contributed by atoms with Crippen LogP contribution >= 0.6 is 11.3 Å². The van der Waals surface area contributed by atoms with Gasteiger partial charge in [-0.25, -0.2) is 18.1 Å². The van der Waals surface area contributed by atoms with E-state index in [1.54, 1.807) is 37.3 Å². The Balaban J connectivity index is 1.87. The van der Waals surface area contributed by atoms with Gasteiger partial charge in [-0.1, -0.05) is 24.3 Å². The number of hydrogen-bond donors (Lipinski definition) is 4. The molecule has 1 atom stereocenters. The fourth-order valence-corrected chi connectivity index (χ4v) is 4.12. The van der Waals surface area contributed by atoms with Crippen LogP contribution in [0.4, 0.5) is 0 Å². The molecule has 0 spiro atoms. The Bertz CT molecular complexity index is 820. The number of nitrogens with one attached hydrogen (secondary N) is 3. The van der Waals surface area contributed by atoms with E-state index in [0.29, 0.717) is 19.0 Å². The first-order valence-corrected chi connectivity index (χ1v) is 11.0. The van der Waals surface area contributed by atoms with E-state index in [0.717, 1.165) is 4.88 Å². The molecule has 4 N–H and O–H groups in total.